The fourth-order valence-electron chi connectivity index (χ4n) is 1.62. The fraction of sp³-hybridized carbons (Fsp3) is 0.333. The first-order valence-electron chi connectivity index (χ1n) is 6.42. The molecule has 0 saturated heterocycles. The van der Waals surface area contributed by atoms with Crippen molar-refractivity contribution in [3.63, 3.8) is 0 Å². The second-order valence-corrected chi connectivity index (χ2v) is 4.53. The highest BCUT2D eigenvalue weighted by molar-refractivity contribution is 5.92. The van der Waals surface area contributed by atoms with Crippen LogP contribution in [0.3, 0.4) is 0 Å². The van der Waals surface area contributed by atoms with Crippen LogP contribution >= 0.6 is 0 Å². The van der Waals surface area contributed by atoms with Crippen LogP contribution in [0.2, 0.25) is 0 Å². The molecular weight excluding hydrogens is 295 g/mol. The van der Waals surface area contributed by atoms with E-state index in [1.165, 1.54) is 26.4 Å². The van der Waals surface area contributed by atoms with Gasteiger partial charge in [-0.05, 0) is 30.7 Å². The minimum Gasteiger partial charge on any atom is -0.496 e. The standard InChI is InChI=1S/C15H18F3N3O/c1-10(2)8-20-14(19-3)21-9-11-7-12(15(16,17)18)5-6-13(11)22-4/h5-8H,1,9H2,2-4H3,(H,19,21). The molecule has 0 bridgehead atoms. The second kappa shape index (κ2) is 7.63. The van der Waals surface area contributed by atoms with Crippen LogP contribution in [0.15, 0.2) is 40.3 Å². The van der Waals surface area contributed by atoms with Crippen LogP contribution in [0, 0.1) is 0 Å². The third-order valence-corrected chi connectivity index (χ3v) is 2.66. The summed E-state index contributed by atoms with van der Waals surface area (Å²) in [5.41, 5.74) is 0.370. The number of guanidine groups is 1. The van der Waals surface area contributed by atoms with Gasteiger partial charge in [-0.2, -0.15) is 13.2 Å². The van der Waals surface area contributed by atoms with Gasteiger partial charge in [0.05, 0.1) is 12.7 Å². The maximum atomic E-state index is 12.8. The molecule has 0 heterocycles. The Balaban J connectivity index is 2.94. The Hall–Kier alpha value is -2.31. The number of aliphatic imine (C=N–C) groups is 2. The van der Waals surface area contributed by atoms with Crippen molar-refractivity contribution in [3.05, 3.63) is 41.5 Å². The minimum absolute atomic E-state index is 0.104. The molecule has 0 saturated carbocycles. The lowest BCUT2D eigenvalue weighted by atomic mass is 10.1. The van der Waals surface area contributed by atoms with Crippen LogP contribution in [-0.2, 0) is 12.7 Å². The van der Waals surface area contributed by atoms with Crippen molar-refractivity contribution < 1.29 is 17.9 Å². The van der Waals surface area contributed by atoms with Crippen molar-refractivity contribution >= 4 is 12.2 Å². The third kappa shape index (κ3) is 5.23. The Morgan fingerprint density at radius 3 is 2.59 bits per heavy atom. The molecule has 1 rings (SSSR count). The van der Waals surface area contributed by atoms with E-state index in [-0.39, 0.29) is 6.54 Å². The van der Waals surface area contributed by atoms with E-state index < -0.39 is 11.7 Å². The molecule has 0 aromatic heterocycles. The summed E-state index contributed by atoms with van der Waals surface area (Å²) in [6.07, 6.45) is -2.89. The van der Waals surface area contributed by atoms with Crippen molar-refractivity contribution in [2.24, 2.45) is 9.98 Å². The summed E-state index contributed by atoms with van der Waals surface area (Å²) in [5.74, 6) is 0.655. The first-order valence-corrected chi connectivity index (χ1v) is 6.42. The number of benzene rings is 1. The molecule has 4 nitrogen and oxygen atoms in total. The van der Waals surface area contributed by atoms with Crippen molar-refractivity contribution in [1.29, 1.82) is 0 Å². The summed E-state index contributed by atoms with van der Waals surface area (Å²) in [6, 6.07) is 3.32. The highest BCUT2D eigenvalue weighted by Crippen LogP contribution is 2.32. The van der Waals surface area contributed by atoms with E-state index in [2.05, 4.69) is 21.9 Å². The summed E-state index contributed by atoms with van der Waals surface area (Å²) >= 11 is 0. The molecule has 0 aliphatic carbocycles. The van der Waals surface area contributed by atoms with Gasteiger partial charge < -0.3 is 10.1 Å². The number of ether oxygens (including phenoxy) is 1. The molecule has 0 atom stereocenters. The van der Waals surface area contributed by atoms with Gasteiger partial charge in [0.2, 0.25) is 5.96 Å². The average Bonchev–Trinajstić information content (AvgIpc) is 2.46. The smallest absolute Gasteiger partial charge is 0.416 e. The van der Waals surface area contributed by atoms with Gasteiger partial charge >= 0.3 is 6.18 Å². The summed E-state index contributed by atoms with van der Waals surface area (Å²) in [5, 5.41) is 2.86. The number of allylic oxidation sites excluding steroid dienone is 1. The number of alkyl halides is 3. The van der Waals surface area contributed by atoms with Crippen LogP contribution in [0.1, 0.15) is 18.1 Å². The maximum Gasteiger partial charge on any atom is 0.416 e. The topological polar surface area (TPSA) is 46.0 Å². The fourth-order valence-corrected chi connectivity index (χ4v) is 1.62. The van der Waals surface area contributed by atoms with Gasteiger partial charge in [-0.3, -0.25) is 4.99 Å². The quantitative estimate of drug-likeness (QED) is 0.684. The molecule has 1 aromatic rings. The van der Waals surface area contributed by atoms with E-state index in [1.54, 1.807) is 6.92 Å². The zero-order chi connectivity index (χ0) is 16.8. The molecule has 0 unspecified atom stereocenters. The third-order valence-electron chi connectivity index (χ3n) is 2.66. The number of halogens is 3. The Labute approximate surface area is 127 Å². The van der Waals surface area contributed by atoms with Crippen LogP contribution < -0.4 is 10.1 Å². The minimum atomic E-state index is -4.40. The molecule has 22 heavy (non-hydrogen) atoms. The van der Waals surface area contributed by atoms with E-state index in [4.69, 9.17) is 4.74 Å². The van der Waals surface area contributed by atoms with Gasteiger partial charge in [-0.25, -0.2) is 4.99 Å². The molecule has 0 aliphatic heterocycles. The Morgan fingerprint density at radius 1 is 1.41 bits per heavy atom. The molecule has 0 aliphatic rings. The second-order valence-electron chi connectivity index (χ2n) is 4.53. The molecule has 0 radical (unpaired) electrons. The van der Waals surface area contributed by atoms with Gasteiger partial charge in [0.15, 0.2) is 0 Å². The summed E-state index contributed by atoms with van der Waals surface area (Å²) in [6.45, 7) is 5.54. The predicted molar refractivity (Wildman–Crippen MR) is 81.5 cm³/mol. The summed E-state index contributed by atoms with van der Waals surface area (Å²) in [4.78, 5) is 7.94. The van der Waals surface area contributed by atoms with Gasteiger partial charge in [-0.1, -0.05) is 6.58 Å². The molecule has 120 valence electrons. The highest BCUT2D eigenvalue weighted by atomic mass is 19.4. The Bertz CT molecular complexity index is 592. The first kappa shape index (κ1) is 17.7. The largest absolute Gasteiger partial charge is 0.496 e. The van der Waals surface area contributed by atoms with Gasteiger partial charge in [0.25, 0.3) is 0 Å². The van der Waals surface area contributed by atoms with Crippen molar-refractivity contribution in [1.82, 2.24) is 5.32 Å². The summed E-state index contributed by atoms with van der Waals surface area (Å²) < 4.78 is 43.4. The number of rotatable bonds is 4. The van der Waals surface area contributed by atoms with E-state index in [1.807, 2.05) is 0 Å². The number of hydrogen-bond donors (Lipinski definition) is 1. The van der Waals surface area contributed by atoms with Crippen LogP contribution in [0.25, 0.3) is 0 Å². The van der Waals surface area contributed by atoms with Crippen LogP contribution in [-0.4, -0.2) is 26.3 Å². The van der Waals surface area contributed by atoms with E-state index in [0.29, 0.717) is 17.3 Å². The zero-order valence-electron chi connectivity index (χ0n) is 12.7. The predicted octanol–water partition coefficient (Wildman–Crippen LogP) is 3.44. The van der Waals surface area contributed by atoms with Crippen molar-refractivity contribution in [2.45, 2.75) is 19.6 Å². The molecule has 7 heteroatoms. The number of methoxy groups -OCH3 is 1. The van der Waals surface area contributed by atoms with Gasteiger partial charge in [-0.15, -0.1) is 0 Å². The molecule has 0 fully saturated rings. The Morgan fingerprint density at radius 2 is 2.09 bits per heavy atom. The highest BCUT2D eigenvalue weighted by Gasteiger charge is 2.31. The lowest BCUT2D eigenvalue weighted by molar-refractivity contribution is -0.137. The lowest BCUT2D eigenvalue weighted by Crippen LogP contribution is -2.22. The van der Waals surface area contributed by atoms with Crippen molar-refractivity contribution in [3.8, 4) is 5.75 Å². The number of nitrogens with zero attached hydrogens (tertiary/aromatic N) is 2. The number of hydrogen-bond acceptors (Lipinski definition) is 2. The van der Waals surface area contributed by atoms with Gasteiger partial charge in [0.1, 0.15) is 5.75 Å². The van der Waals surface area contributed by atoms with Crippen LogP contribution in [0.4, 0.5) is 13.2 Å². The van der Waals surface area contributed by atoms with E-state index >= 15 is 0 Å². The molecule has 1 N–H and O–H groups in total. The number of nitrogens with one attached hydrogen (secondary N) is 1. The molecular formula is C15H18F3N3O. The average molecular weight is 313 g/mol. The van der Waals surface area contributed by atoms with E-state index in [0.717, 1.165) is 17.7 Å². The lowest BCUT2D eigenvalue weighted by Gasteiger charge is -2.13. The monoisotopic (exact) mass is 313 g/mol. The Kier molecular flexibility index (Phi) is 6.15. The SMILES string of the molecule is C=C(C)C=NC(=NC)NCc1cc(C(F)(F)F)ccc1OC. The maximum absolute atomic E-state index is 12.8. The van der Waals surface area contributed by atoms with Gasteiger partial charge in [0, 0.05) is 25.4 Å². The first-order chi connectivity index (χ1) is 10.3. The molecule has 0 spiro atoms. The van der Waals surface area contributed by atoms with E-state index in [9.17, 15) is 13.2 Å². The molecule has 1 aromatic carbocycles. The normalized spacial score (nSPS) is 12.5. The molecule has 0 amide bonds. The zero-order valence-corrected chi connectivity index (χ0v) is 12.7. The van der Waals surface area contributed by atoms with Crippen LogP contribution in [0.5, 0.6) is 5.75 Å². The van der Waals surface area contributed by atoms with Crippen molar-refractivity contribution in [2.75, 3.05) is 14.2 Å². The summed E-state index contributed by atoms with van der Waals surface area (Å²) in [7, 11) is 2.93.